The van der Waals surface area contributed by atoms with Gasteiger partial charge in [-0.25, -0.2) is 0 Å². The molecule has 28 heavy (non-hydrogen) atoms. The van der Waals surface area contributed by atoms with Gasteiger partial charge < -0.3 is 9.80 Å². The van der Waals surface area contributed by atoms with E-state index >= 15 is 0 Å². The molecule has 0 spiro atoms. The Hall–Kier alpha value is -2.11. The van der Waals surface area contributed by atoms with Crippen molar-refractivity contribution in [3.63, 3.8) is 0 Å². The number of piperazine rings is 1. The summed E-state index contributed by atoms with van der Waals surface area (Å²) in [6, 6.07) is 12.5. The van der Waals surface area contributed by atoms with E-state index in [4.69, 9.17) is 4.99 Å². The van der Waals surface area contributed by atoms with Crippen LogP contribution in [-0.2, 0) is 0 Å². The van der Waals surface area contributed by atoms with Crippen LogP contribution < -0.4 is 0 Å². The molecule has 1 saturated heterocycles. The second-order valence-electron chi connectivity index (χ2n) is 7.42. The predicted molar refractivity (Wildman–Crippen MR) is 116 cm³/mol. The molecule has 0 bridgehead atoms. The van der Waals surface area contributed by atoms with Gasteiger partial charge in [0, 0.05) is 52.8 Å². The first-order valence-corrected chi connectivity index (χ1v) is 10.9. The summed E-state index contributed by atoms with van der Waals surface area (Å²) in [7, 11) is 0. The molecule has 2 aromatic carbocycles. The number of hydrogen-bond donors (Lipinski definition) is 0. The smallest absolute Gasteiger partial charge is 0.254 e. The lowest BCUT2D eigenvalue weighted by Crippen LogP contribution is -2.48. The first-order chi connectivity index (χ1) is 13.6. The van der Waals surface area contributed by atoms with Crippen molar-refractivity contribution >= 4 is 29.1 Å². The highest BCUT2D eigenvalue weighted by atomic mass is 32.2. The number of fused-ring (bicyclic) bond motifs is 2. The average molecular weight is 394 g/mol. The van der Waals surface area contributed by atoms with E-state index in [9.17, 15) is 4.79 Å². The first-order valence-electron chi connectivity index (χ1n) is 10.1. The summed E-state index contributed by atoms with van der Waals surface area (Å²) in [6.07, 6.45) is 0.869. The van der Waals surface area contributed by atoms with Crippen LogP contribution in [0.5, 0.6) is 0 Å². The second-order valence-corrected chi connectivity index (χ2v) is 8.51. The summed E-state index contributed by atoms with van der Waals surface area (Å²) in [5.74, 6) is 0.120. The van der Waals surface area contributed by atoms with Gasteiger partial charge in [0.15, 0.2) is 0 Å². The third-order valence-electron chi connectivity index (χ3n) is 5.57. The van der Waals surface area contributed by atoms with Crippen LogP contribution in [0.3, 0.4) is 0 Å². The average Bonchev–Trinajstić information content (AvgIpc) is 2.88. The summed E-state index contributed by atoms with van der Waals surface area (Å²) >= 11 is 1.74. The zero-order chi connectivity index (χ0) is 19.7. The maximum atomic E-state index is 13.0. The van der Waals surface area contributed by atoms with Crippen LogP contribution in [0.1, 0.15) is 41.8 Å². The van der Waals surface area contributed by atoms with E-state index in [1.165, 1.54) is 16.0 Å². The van der Waals surface area contributed by atoms with Crippen molar-refractivity contribution in [1.29, 1.82) is 0 Å². The number of aryl methyl sites for hydroxylation is 1. The number of hydrogen-bond acceptors (Lipinski definition) is 4. The zero-order valence-corrected chi connectivity index (χ0v) is 17.7. The summed E-state index contributed by atoms with van der Waals surface area (Å²) in [5.41, 5.74) is 5.20. The van der Waals surface area contributed by atoms with E-state index in [0.717, 1.165) is 61.0 Å². The molecule has 2 aromatic rings. The SMILES string of the molecule is CCC1=Nc2cc(C(=O)N3CCN(CC)CC3)ccc2Sc2ccc(C)cc21. The molecule has 1 amide bonds. The number of benzene rings is 2. The van der Waals surface area contributed by atoms with E-state index in [2.05, 4.69) is 49.9 Å². The van der Waals surface area contributed by atoms with E-state index in [0.29, 0.717) is 0 Å². The van der Waals surface area contributed by atoms with E-state index in [-0.39, 0.29) is 5.91 Å². The zero-order valence-electron chi connectivity index (χ0n) is 16.9. The number of amides is 1. The highest BCUT2D eigenvalue weighted by Crippen LogP contribution is 2.41. The molecule has 1 fully saturated rings. The molecule has 0 atom stereocenters. The van der Waals surface area contributed by atoms with E-state index in [1.54, 1.807) is 11.8 Å². The molecular weight excluding hydrogens is 366 g/mol. The van der Waals surface area contributed by atoms with Crippen LogP contribution in [0.15, 0.2) is 51.2 Å². The van der Waals surface area contributed by atoms with Crippen LogP contribution in [0.25, 0.3) is 0 Å². The Kier molecular flexibility index (Phi) is 5.56. The van der Waals surface area contributed by atoms with Gasteiger partial charge in [0.25, 0.3) is 5.91 Å². The van der Waals surface area contributed by atoms with Crippen molar-refractivity contribution in [3.8, 4) is 0 Å². The summed E-state index contributed by atoms with van der Waals surface area (Å²) in [4.78, 5) is 24.7. The van der Waals surface area contributed by atoms with Crippen LogP contribution in [0, 0.1) is 6.92 Å². The van der Waals surface area contributed by atoms with Crippen LogP contribution >= 0.6 is 11.8 Å². The molecule has 0 radical (unpaired) electrons. The lowest BCUT2D eigenvalue weighted by Gasteiger charge is -2.34. The minimum absolute atomic E-state index is 0.120. The van der Waals surface area contributed by atoms with Gasteiger partial charge in [-0.2, -0.15) is 0 Å². The highest BCUT2D eigenvalue weighted by Gasteiger charge is 2.23. The number of carbonyl (C=O) groups excluding carboxylic acids is 1. The first kappa shape index (κ1) is 19.2. The largest absolute Gasteiger partial charge is 0.336 e. The molecule has 2 aliphatic heterocycles. The molecule has 4 nitrogen and oxygen atoms in total. The second kappa shape index (κ2) is 8.10. The van der Waals surface area contributed by atoms with Crippen LogP contribution in [0.2, 0.25) is 0 Å². The molecule has 2 heterocycles. The fourth-order valence-electron chi connectivity index (χ4n) is 3.83. The van der Waals surface area contributed by atoms with Crippen molar-refractivity contribution in [2.24, 2.45) is 4.99 Å². The maximum Gasteiger partial charge on any atom is 0.254 e. The number of aliphatic imine (C=N–C) groups is 1. The van der Waals surface area contributed by atoms with E-state index < -0.39 is 0 Å². The number of carbonyl (C=O) groups is 1. The molecule has 0 aliphatic carbocycles. The van der Waals surface area contributed by atoms with Gasteiger partial charge >= 0.3 is 0 Å². The van der Waals surface area contributed by atoms with Crippen molar-refractivity contribution in [2.45, 2.75) is 37.0 Å². The molecule has 5 heteroatoms. The fraction of sp³-hybridized carbons (Fsp3) is 0.391. The van der Waals surface area contributed by atoms with Gasteiger partial charge in [-0.3, -0.25) is 9.79 Å². The number of rotatable bonds is 3. The molecular formula is C23H27N3OS. The van der Waals surface area contributed by atoms with Gasteiger partial charge in [-0.05, 0) is 50.2 Å². The summed E-state index contributed by atoms with van der Waals surface area (Å²) in [5, 5.41) is 0. The van der Waals surface area contributed by atoms with Gasteiger partial charge in [0.2, 0.25) is 0 Å². The topological polar surface area (TPSA) is 35.9 Å². The monoisotopic (exact) mass is 393 g/mol. The molecule has 0 unspecified atom stereocenters. The fourth-order valence-corrected chi connectivity index (χ4v) is 4.83. The Bertz CT molecular complexity index is 929. The lowest BCUT2D eigenvalue weighted by atomic mass is 10.0. The Morgan fingerprint density at radius 1 is 1.04 bits per heavy atom. The summed E-state index contributed by atoms with van der Waals surface area (Å²) < 4.78 is 0. The third kappa shape index (κ3) is 3.74. The Morgan fingerprint density at radius 2 is 1.79 bits per heavy atom. The van der Waals surface area contributed by atoms with Crippen LogP contribution in [0.4, 0.5) is 5.69 Å². The van der Waals surface area contributed by atoms with Gasteiger partial charge in [0.05, 0.1) is 5.69 Å². The van der Waals surface area contributed by atoms with Gasteiger partial charge in [-0.15, -0.1) is 0 Å². The minimum atomic E-state index is 0.120. The lowest BCUT2D eigenvalue weighted by molar-refractivity contribution is 0.0643. The molecule has 0 aromatic heterocycles. The van der Waals surface area contributed by atoms with Crippen molar-refractivity contribution in [3.05, 3.63) is 53.1 Å². The van der Waals surface area contributed by atoms with Gasteiger partial charge in [0.1, 0.15) is 0 Å². The molecule has 2 aliphatic rings. The Morgan fingerprint density at radius 3 is 2.50 bits per heavy atom. The van der Waals surface area contributed by atoms with Crippen molar-refractivity contribution in [2.75, 3.05) is 32.7 Å². The van der Waals surface area contributed by atoms with E-state index in [1.807, 2.05) is 17.0 Å². The maximum absolute atomic E-state index is 13.0. The molecule has 0 saturated carbocycles. The minimum Gasteiger partial charge on any atom is -0.336 e. The predicted octanol–water partition coefficient (Wildman–Crippen LogP) is 4.77. The Balaban J connectivity index is 1.64. The highest BCUT2D eigenvalue weighted by molar-refractivity contribution is 7.99. The molecule has 0 N–H and O–H groups in total. The third-order valence-corrected chi connectivity index (χ3v) is 6.71. The molecule has 146 valence electrons. The van der Waals surface area contributed by atoms with Crippen LogP contribution in [-0.4, -0.2) is 54.1 Å². The number of likely N-dealkylation sites (N-methyl/N-ethyl adjacent to an activating group) is 1. The number of nitrogens with zero attached hydrogens (tertiary/aromatic N) is 3. The normalized spacial score (nSPS) is 16.8. The quantitative estimate of drug-likeness (QED) is 0.754. The standard InChI is InChI=1S/C23H27N3OS/c1-4-19-18-14-16(3)6-8-21(18)28-22-9-7-17(15-20(22)24-19)23(27)26-12-10-25(5-2)11-13-26/h6-9,14-15H,4-5,10-13H2,1-3H3. The summed E-state index contributed by atoms with van der Waals surface area (Å²) in [6.45, 7) is 11.0. The Labute approximate surface area is 171 Å². The van der Waals surface area contributed by atoms with Crippen molar-refractivity contribution in [1.82, 2.24) is 9.80 Å². The molecule has 4 rings (SSSR count). The van der Waals surface area contributed by atoms with Gasteiger partial charge in [-0.1, -0.05) is 37.2 Å². The van der Waals surface area contributed by atoms with Crippen molar-refractivity contribution < 1.29 is 4.79 Å².